The summed E-state index contributed by atoms with van der Waals surface area (Å²) in [4.78, 5) is 143. The highest BCUT2D eigenvalue weighted by molar-refractivity contribution is 5.87. The Morgan fingerprint density at radius 2 is 0.516 bits per heavy atom. The summed E-state index contributed by atoms with van der Waals surface area (Å²) in [5.41, 5.74) is 4.95. The molecule has 0 aliphatic carbocycles. The van der Waals surface area contributed by atoms with Gasteiger partial charge in [-0.25, -0.2) is 14.4 Å². The topological polar surface area (TPSA) is 470 Å². The van der Waals surface area contributed by atoms with Crippen LogP contribution in [0.1, 0.15) is 154 Å². The summed E-state index contributed by atoms with van der Waals surface area (Å²) < 4.78 is 42.0. The van der Waals surface area contributed by atoms with E-state index in [4.69, 9.17) is 48.7 Å². The Hall–Kier alpha value is -6.68. The zero-order valence-electron chi connectivity index (χ0n) is 52.9. The van der Waals surface area contributed by atoms with E-state index in [-0.39, 0.29) is 176 Å². The molecule has 0 fully saturated rings. The van der Waals surface area contributed by atoms with Gasteiger partial charge in [-0.2, -0.15) is 0 Å². The molecule has 0 aliphatic rings. The van der Waals surface area contributed by atoms with E-state index in [0.717, 1.165) is 57.8 Å². The number of aliphatic carboxylic acids is 4. The number of nitrogens with two attached hydrogens (primary N) is 1. The van der Waals surface area contributed by atoms with E-state index < -0.39 is 96.7 Å². The van der Waals surface area contributed by atoms with Crippen LogP contribution in [0, 0.1) is 0 Å². The fourth-order valence-corrected chi connectivity index (χ4v) is 8.27. The van der Waals surface area contributed by atoms with Crippen LogP contribution in [0.4, 0.5) is 0 Å². The first-order valence-electron chi connectivity index (χ1n) is 31.6. The monoisotopic (exact) mass is 1310 g/mol. The van der Waals surface area contributed by atoms with Crippen LogP contribution in [0.25, 0.3) is 0 Å². The Kier molecular flexibility index (Phi) is 55.2. The average molecular weight is 1310 g/mol. The van der Waals surface area contributed by atoms with Gasteiger partial charge in [-0.15, -0.1) is 0 Å². The fourth-order valence-electron chi connectivity index (χ4n) is 8.27. The number of primary amides is 1. The van der Waals surface area contributed by atoms with E-state index in [2.05, 4.69) is 37.2 Å². The summed E-state index contributed by atoms with van der Waals surface area (Å²) in [6, 6.07) is -4.46. The molecular weight excluding hydrogens is 1200 g/mol. The van der Waals surface area contributed by atoms with Gasteiger partial charge < -0.3 is 101 Å². The summed E-state index contributed by atoms with van der Waals surface area (Å²) in [5, 5.41) is 54.9. The molecule has 32 heteroatoms. The number of ether oxygens (including phenoxy) is 8. The third-order valence-electron chi connectivity index (χ3n) is 13.1. The van der Waals surface area contributed by atoms with E-state index in [9.17, 15) is 72.9 Å². The Morgan fingerprint density at radius 1 is 0.275 bits per heavy atom. The molecule has 0 unspecified atom stereocenters. The SMILES string of the molecule is NC(=O)COCCOCCNC(=O)COCCOCCNC(=O)COCCOCCNC(=O)COCCOCCNC(=O)CC[C@H](NC(=O)CC[C@H](NC(=O)CC[C@H](NC(=O)CCCCCCCCCCCCCCCCCCC(=O)O)C(=O)O)C(=O)O)C(=O)O. The zero-order chi connectivity index (χ0) is 67.4. The number of rotatable bonds is 66. The van der Waals surface area contributed by atoms with Gasteiger partial charge in [-0.1, -0.05) is 89.9 Å². The minimum absolute atomic E-state index is 0.0582. The number of hydrogen-bond acceptors (Lipinski definition) is 20. The van der Waals surface area contributed by atoms with Crippen molar-refractivity contribution >= 4 is 71.1 Å². The molecule has 3 atom stereocenters. The highest BCUT2D eigenvalue weighted by atomic mass is 16.5. The van der Waals surface area contributed by atoms with Gasteiger partial charge in [-0.05, 0) is 32.1 Å². The van der Waals surface area contributed by atoms with Gasteiger partial charge in [0, 0.05) is 58.3 Å². The minimum atomic E-state index is -1.58. The largest absolute Gasteiger partial charge is 0.481 e. The van der Waals surface area contributed by atoms with Crippen LogP contribution < -0.4 is 43.0 Å². The van der Waals surface area contributed by atoms with Crippen molar-refractivity contribution in [3.8, 4) is 0 Å². The predicted octanol–water partition coefficient (Wildman–Crippen LogP) is 0.224. The summed E-state index contributed by atoms with van der Waals surface area (Å²) >= 11 is 0. The second-order valence-electron chi connectivity index (χ2n) is 21.1. The molecule has 91 heavy (non-hydrogen) atoms. The van der Waals surface area contributed by atoms with Crippen molar-refractivity contribution < 1.29 is 116 Å². The van der Waals surface area contributed by atoms with Gasteiger partial charge >= 0.3 is 23.9 Å². The zero-order valence-corrected chi connectivity index (χ0v) is 52.9. The predicted molar refractivity (Wildman–Crippen MR) is 325 cm³/mol. The number of carboxylic acids is 4. The molecule has 0 aliphatic heterocycles. The molecule has 8 amide bonds. The molecule has 0 aromatic rings. The second-order valence-corrected chi connectivity index (χ2v) is 21.1. The molecular formula is C59H104N8O24. The molecule has 0 bridgehead atoms. The number of nitrogens with one attached hydrogen (secondary N) is 7. The lowest BCUT2D eigenvalue weighted by Crippen LogP contribution is -2.45. The van der Waals surface area contributed by atoms with Crippen molar-refractivity contribution in [2.75, 3.05) is 132 Å². The Labute approximate surface area is 532 Å². The summed E-state index contributed by atoms with van der Waals surface area (Å²) in [6.45, 7) is 2.03. The molecule has 524 valence electrons. The first-order valence-corrected chi connectivity index (χ1v) is 31.6. The maximum atomic E-state index is 12.7. The van der Waals surface area contributed by atoms with E-state index >= 15 is 0 Å². The maximum absolute atomic E-state index is 12.7. The lowest BCUT2D eigenvalue weighted by molar-refractivity contribution is -0.144. The number of carbonyl (C=O) groups is 12. The van der Waals surface area contributed by atoms with Gasteiger partial charge in [0.2, 0.25) is 47.3 Å². The minimum Gasteiger partial charge on any atom is -0.481 e. The molecule has 0 saturated carbocycles. The number of carbonyl (C=O) groups excluding carboxylic acids is 8. The second kappa shape index (κ2) is 59.6. The van der Waals surface area contributed by atoms with Gasteiger partial charge in [0.05, 0.1) is 79.3 Å². The molecule has 0 saturated heterocycles. The smallest absolute Gasteiger partial charge is 0.326 e. The molecule has 0 rings (SSSR count). The molecule has 0 spiro atoms. The maximum Gasteiger partial charge on any atom is 0.326 e. The summed E-state index contributed by atoms with van der Waals surface area (Å²) in [5.74, 6) is -9.39. The van der Waals surface area contributed by atoms with Gasteiger partial charge in [0.25, 0.3) is 0 Å². The number of hydrogen-bond donors (Lipinski definition) is 12. The molecule has 0 radical (unpaired) electrons. The number of unbranched alkanes of at least 4 members (excludes halogenated alkanes) is 15. The Bertz CT molecular complexity index is 2060. The third kappa shape index (κ3) is 58.2. The molecule has 0 aromatic carbocycles. The van der Waals surface area contributed by atoms with Crippen molar-refractivity contribution in [1.82, 2.24) is 37.2 Å². The van der Waals surface area contributed by atoms with Gasteiger partial charge in [-0.3, -0.25) is 43.2 Å². The normalized spacial score (nSPS) is 12.0. The van der Waals surface area contributed by atoms with Crippen LogP contribution in [0.5, 0.6) is 0 Å². The van der Waals surface area contributed by atoms with Crippen LogP contribution in [0.3, 0.4) is 0 Å². The van der Waals surface area contributed by atoms with Crippen LogP contribution in [0.15, 0.2) is 0 Å². The molecule has 32 nitrogen and oxygen atoms in total. The summed E-state index contributed by atoms with van der Waals surface area (Å²) in [7, 11) is 0. The van der Waals surface area contributed by atoms with E-state index in [0.29, 0.717) is 6.42 Å². The van der Waals surface area contributed by atoms with Crippen LogP contribution in [0.2, 0.25) is 0 Å². The number of amides is 8. The van der Waals surface area contributed by atoms with Crippen LogP contribution >= 0.6 is 0 Å². The fraction of sp³-hybridized carbons (Fsp3) is 0.797. The van der Waals surface area contributed by atoms with Crippen molar-refractivity contribution in [2.24, 2.45) is 5.73 Å². The molecule has 13 N–H and O–H groups in total. The highest BCUT2D eigenvalue weighted by Gasteiger charge is 2.26. The van der Waals surface area contributed by atoms with Crippen molar-refractivity contribution in [3.63, 3.8) is 0 Å². The molecule has 0 heterocycles. The van der Waals surface area contributed by atoms with Crippen LogP contribution in [-0.4, -0.2) is 242 Å². The first-order chi connectivity index (χ1) is 43.8. The quantitative estimate of drug-likeness (QED) is 0.0363. The van der Waals surface area contributed by atoms with Crippen molar-refractivity contribution in [2.45, 2.75) is 172 Å². The summed E-state index contributed by atoms with van der Waals surface area (Å²) in [6.07, 6.45) is 14.9. The molecule has 0 aromatic heterocycles. The van der Waals surface area contributed by atoms with E-state index in [1.165, 1.54) is 38.5 Å². The van der Waals surface area contributed by atoms with Gasteiger partial charge in [0.1, 0.15) is 44.6 Å². The van der Waals surface area contributed by atoms with E-state index in [1.54, 1.807) is 0 Å². The Morgan fingerprint density at radius 3 is 0.802 bits per heavy atom. The highest BCUT2D eigenvalue weighted by Crippen LogP contribution is 2.15. The first kappa shape index (κ1) is 84.3. The van der Waals surface area contributed by atoms with E-state index in [1.807, 2.05) is 0 Å². The van der Waals surface area contributed by atoms with Crippen molar-refractivity contribution in [3.05, 3.63) is 0 Å². The lowest BCUT2D eigenvalue weighted by Gasteiger charge is -2.18. The standard InChI is InChI=1S/C59H104N8O24/c60-48(68)41-88-37-33-85-30-26-62-53(73)43-90-39-35-87-32-28-64-55(75)44-91-40-36-86-31-27-63-54(74)42-89-38-34-84-29-25-61-49(69)22-19-45(57(78)79)66-51(71)24-21-47(59(82)83)67-52(72)23-20-46(58(80)81)65-50(70)17-15-13-11-9-7-5-3-1-2-4-6-8-10-12-14-16-18-56(76)77/h45-47H,1-44H2,(H2,60,68)(H,61,69)(H,62,73)(H,63,74)(H,64,75)(H,65,70)(H,66,71)(H,67,72)(H,76,77)(H,78,79)(H,80,81)(H,82,83)/t45-,46-,47-/m0/s1. The number of carboxylic acid groups (broad SMARTS) is 4. The third-order valence-corrected chi connectivity index (χ3v) is 13.1. The van der Waals surface area contributed by atoms with Crippen LogP contribution in [-0.2, 0) is 95.4 Å². The average Bonchev–Trinajstić information content (AvgIpc) is 3.65. The Balaban J connectivity index is 4.01. The van der Waals surface area contributed by atoms with Crippen molar-refractivity contribution in [1.29, 1.82) is 0 Å². The lowest BCUT2D eigenvalue weighted by atomic mass is 10.0. The van der Waals surface area contributed by atoms with Gasteiger partial charge in [0.15, 0.2) is 0 Å².